The highest BCUT2D eigenvalue weighted by Crippen LogP contribution is 2.22. The van der Waals surface area contributed by atoms with Crippen LogP contribution in [0.2, 0.25) is 0 Å². The van der Waals surface area contributed by atoms with Crippen LogP contribution in [-0.2, 0) is 4.79 Å². The van der Waals surface area contributed by atoms with Crippen LogP contribution in [0.5, 0.6) is 0 Å². The van der Waals surface area contributed by atoms with Gasteiger partial charge in [0.15, 0.2) is 0 Å². The first kappa shape index (κ1) is 23.9. The molecule has 1 unspecified atom stereocenters. The number of nitrogens with zero attached hydrogens (tertiary/aromatic N) is 1. The van der Waals surface area contributed by atoms with Gasteiger partial charge in [0.05, 0.1) is 5.69 Å². The van der Waals surface area contributed by atoms with Crippen molar-refractivity contribution in [3.8, 4) is 12.3 Å². The van der Waals surface area contributed by atoms with Crippen LogP contribution in [0.1, 0.15) is 89.2 Å². The molecule has 1 aromatic heterocycles. The molecule has 0 fully saturated rings. The average molecular weight is 380 g/mol. The zero-order valence-electron chi connectivity index (χ0n) is 17.4. The zero-order valence-corrected chi connectivity index (χ0v) is 17.4. The standard InChI is InChI=1S/C26H37NO/c1-2-3-18-25(20-13-11-17-24-28)19-12-9-7-5-4-6-8-10-14-21-26-22-15-16-23-27-26/h1,4,6,14-16,21-25H,3,5,7-13,17-20H2. The lowest BCUT2D eigenvalue weighted by molar-refractivity contribution is -0.107. The predicted octanol–water partition coefficient (Wildman–Crippen LogP) is 7.17. The molecule has 2 heteroatoms. The van der Waals surface area contributed by atoms with Crippen LogP contribution in [0, 0.1) is 18.3 Å². The molecule has 0 amide bonds. The van der Waals surface area contributed by atoms with Crippen LogP contribution < -0.4 is 0 Å². The van der Waals surface area contributed by atoms with E-state index in [1.54, 1.807) is 0 Å². The lowest BCUT2D eigenvalue weighted by Gasteiger charge is -2.15. The largest absolute Gasteiger partial charge is 0.303 e. The van der Waals surface area contributed by atoms with Gasteiger partial charge in [0, 0.05) is 19.0 Å². The molecule has 0 radical (unpaired) electrons. The zero-order chi connectivity index (χ0) is 20.1. The van der Waals surface area contributed by atoms with Gasteiger partial charge in [0.1, 0.15) is 6.29 Å². The molecule has 0 aliphatic carbocycles. The highest BCUT2D eigenvalue weighted by molar-refractivity contribution is 5.48. The Balaban J connectivity index is 2.03. The van der Waals surface area contributed by atoms with Crippen LogP contribution in [0.25, 0.3) is 6.08 Å². The molecule has 0 aliphatic rings. The Morgan fingerprint density at radius 1 is 0.893 bits per heavy atom. The molecule has 0 N–H and O–H groups in total. The number of rotatable bonds is 17. The molecule has 0 bridgehead atoms. The molecule has 1 atom stereocenters. The maximum atomic E-state index is 10.4. The Hall–Kier alpha value is -2.14. The fourth-order valence-corrected chi connectivity index (χ4v) is 3.36. The van der Waals surface area contributed by atoms with Crippen molar-refractivity contribution in [2.75, 3.05) is 0 Å². The summed E-state index contributed by atoms with van der Waals surface area (Å²) in [6.45, 7) is 0. The Morgan fingerprint density at radius 3 is 2.39 bits per heavy atom. The van der Waals surface area contributed by atoms with Gasteiger partial charge in [-0.25, -0.2) is 0 Å². The summed E-state index contributed by atoms with van der Waals surface area (Å²) in [5.41, 5.74) is 1.02. The summed E-state index contributed by atoms with van der Waals surface area (Å²) >= 11 is 0. The fourth-order valence-electron chi connectivity index (χ4n) is 3.36. The van der Waals surface area contributed by atoms with Gasteiger partial charge in [-0.15, -0.1) is 12.3 Å². The maximum Gasteiger partial charge on any atom is 0.119 e. The van der Waals surface area contributed by atoms with Gasteiger partial charge in [-0.2, -0.15) is 0 Å². The third-order valence-electron chi connectivity index (χ3n) is 5.01. The molecule has 152 valence electrons. The van der Waals surface area contributed by atoms with Crippen molar-refractivity contribution in [1.82, 2.24) is 4.98 Å². The number of terminal acetylenes is 1. The monoisotopic (exact) mass is 379 g/mol. The van der Waals surface area contributed by atoms with Crippen molar-refractivity contribution in [3.63, 3.8) is 0 Å². The lowest BCUT2D eigenvalue weighted by Crippen LogP contribution is -2.01. The van der Waals surface area contributed by atoms with E-state index in [0.717, 1.165) is 56.4 Å². The van der Waals surface area contributed by atoms with Gasteiger partial charge >= 0.3 is 0 Å². The number of carbonyl (C=O) groups excluding carboxylic acids is 1. The van der Waals surface area contributed by atoms with E-state index in [1.165, 1.54) is 38.5 Å². The minimum atomic E-state index is 0.702. The number of hydrogen-bond acceptors (Lipinski definition) is 2. The molecule has 28 heavy (non-hydrogen) atoms. The maximum absolute atomic E-state index is 10.4. The molecular formula is C26H37NO. The number of unbranched alkanes of at least 4 members (excludes halogenated alkanes) is 6. The molecular weight excluding hydrogens is 342 g/mol. The molecule has 1 aromatic rings. The second kappa shape index (κ2) is 18.2. The molecule has 2 nitrogen and oxygen atoms in total. The summed E-state index contributed by atoms with van der Waals surface area (Å²) in [5, 5.41) is 0. The van der Waals surface area contributed by atoms with Crippen LogP contribution in [0.3, 0.4) is 0 Å². The molecule has 1 heterocycles. The Kier molecular flexibility index (Phi) is 15.6. The van der Waals surface area contributed by atoms with Crippen molar-refractivity contribution < 1.29 is 4.79 Å². The average Bonchev–Trinajstić information content (AvgIpc) is 2.73. The molecule has 0 spiro atoms. The highest BCUT2D eigenvalue weighted by atomic mass is 16.1. The number of aldehydes is 1. The molecule has 0 aliphatic heterocycles. The number of hydrogen-bond donors (Lipinski definition) is 0. The second-order valence-electron chi connectivity index (χ2n) is 7.40. The van der Waals surface area contributed by atoms with E-state index in [9.17, 15) is 4.79 Å². The highest BCUT2D eigenvalue weighted by Gasteiger charge is 2.07. The van der Waals surface area contributed by atoms with E-state index < -0.39 is 0 Å². The first-order valence-electron chi connectivity index (χ1n) is 11.0. The quantitative estimate of drug-likeness (QED) is 0.124. The van der Waals surface area contributed by atoms with E-state index in [-0.39, 0.29) is 0 Å². The summed E-state index contributed by atoms with van der Waals surface area (Å²) in [4.78, 5) is 14.7. The Labute approximate surface area is 172 Å². The normalized spacial score (nSPS) is 12.4. The van der Waals surface area contributed by atoms with Crippen molar-refractivity contribution in [1.29, 1.82) is 0 Å². The van der Waals surface area contributed by atoms with Gasteiger partial charge in [-0.05, 0) is 62.7 Å². The summed E-state index contributed by atoms with van der Waals surface area (Å²) in [5.74, 6) is 3.51. The summed E-state index contributed by atoms with van der Waals surface area (Å²) in [7, 11) is 0. The minimum Gasteiger partial charge on any atom is -0.303 e. The Bertz CT molecular complexity index is 582. The van der Waals surface area contributed by atoms with Crippen molar-refractivity contribution >= 4 is 12.4 Å². The van der Waals surface area contributed by atoms with Gasteiger partial charge in [0.2, 0.25) is 0 Å². The molecule has 1 rings (SSSR count). The number of aromatic nitrogens is 1. The topological polar surface area (TPSA) is 30.0 Å². The van der Waals surface area contributed by atoms with E-state index in [4.69, 9.17) is 6.42 Å². The number of allylic oxidation sites excluding steroid dienone is 3. The van der Waals surface area contributed by atoms with E-state index >= 15 is 0 Å². The SMILES string of the molecule is C#CCCC(CCCCC=O)CCCCCC=CCCC=Cc1ccccn1. The minimum absolute atomic E-state index is 0.702. The predicted molar refractivity (Wildman–Crippen MR) is 121 cm³/mol. The van der Waals surface area contributed by atoms with Crippen LogP contribution in [0.15, 0.2) is 42.6 Å². The second-order valence-corrected chi connectivity index (χ2v) is 7.40. The first-order valence-corrected chi connectivity index (χ1v) is 11.0. The molecule has 0 saturated carbocycles. The third kappa shape index (κ3) is 14.0. The molecule has 0 saturated heterocycles. The van der Waals surface area contributed by atoms with Gasteiger partial charge in [-0.3, -0.25) is 4.98 Å². The number of carbonyl (C=O) groups is 1. The van der Waals surface area contributed by atoms with Crippen molar-refractivity contribution in [2.24, 2.45) is 5.92 Å². The summed E-state index contributed by atoms with van der Waals surface area (Å²) in [6, 6.07) is 5.97. The smallest absolute Gasteiger partial charge is 0.119 e. The van der Waals surface area contributed by atoms with Crippen LogP contribution in [-0.4, -0.2) is 11.3 Å². The molecule has 0 aromatic carbocycles. The lowest BCUT2D eigenvalue weighted by atomic mass is 9.91. The van der Waals surface area contributed by atoms with Gasteiger partial charge in [-0.1, -0.05) is 56.4 Å². The van der Waals surface area contributed by atoms with Crippen molar-refractivity contribution in [3.05, 3.63) is 48.3 Å². The summed E-state index contributed by atoms with van der Waals surface area (Å²) < 4.78 is 0. The number of pyridine rings is 1. The van der Waals surface area contributed by atoms with Gasteiger partial charge < -0.3 is 4.79 Å². The van der Waals surface area contributed by atoms with E-state index in [1.807, 2.05) is 24.4 Å². The van der Waals surface area contributed by atoms with Gasteiger partial charge in [0.25, 0.3) is 0 Å². The third-order valence-corrected chi connectivity index (χ3v) is 5.01. The fraction of sp³-hybridized carbons (Fsp3) is 0.538. The van der Waals surface area contributed by atoms with Crippen LogP contribution >= 0.6 is 0 Å². The summed E-state index contributed by atoms with van der Waals surface area (Å²) in [6.07, 6.45) is 31.8. The first-order chi connectivity index (χ1) is 13.9. The van der Waals surface area contributed by atoms with Crippen LogP contribution in [0.4, 0.5) is 0 Å². The Morgan fingerprint density at radius 2 is 1.64 bits per heavy atom. The van der Waals surface area contributed by atoms with E-state index in [0.29, 0.717) is 6.42 Å². The van der Waals surface area contributed by atoms with Crippen molar-refractivity contribution in [2.45, 2.75) is 83.5 Å². The van der Waals surface area contributed by atoms with E-state index in [2.05, 4.69) is 35.2 Å².